The van der Waals surface area contributed by atoms with E-state index in [2.05, 4.69) is 5.32 Å². The second-order valence-electron chi connectivity index (χ2n) is 8.94. The SMILES string of the molecule is CC[C@H](C(=O)NC1CCCCC1)N(Cc1ccccc1Cl)C(=O)COc1cc(C)ccc1C. The number of aryl methyl sites for hydroxylation is 2. The Hall–Kier alpha value is -2.53. The van der Waals surface area contributed by atoms with Crippen LogP contribution in [0, 0.1) is 13.8 Å². The molecule has 178 valence electrons. The summed E-state index contributed by atoms with van der Waals surface area (Å²) in [6.45, 7) is 5.99. The predicted molar refractivity (Wildman–Crippen MR) is 133 cm³/mol. The zero-order valence-corrected chi connectivity index (χ0v) is 20.7. The number of hydrogen-bond acceptors (Lipinski definition) is 3. The van der Waals surface area contributed by atoms with Gasteiger partial charge < -0.3 is 15.0 Å². The highest BCUT2D eigenvalue weighted by atomic mass is 35.5. The zero-order valence-electron chi connectivity index (χ0n) is 19.9. The van der Waals surface area contributed by atoms with Gasteiger partial charge >= 0.3 is 0 Å². The summed E-state index contributed by atoms with van der Waals surface area (Å²) >= 11 is 6.40. The third kappa shape index (κ3) is 6.97. The molecule has 6 heteroatoms. The van der Waals surface area contributed by atoms with Gasteiger partial charge in [0.1, 0.15) is 11.8 Å². The molecule has 1 N–H and O–H groups in total. The number of nitrogens with one attached hydrogen (secondary N) is 1. The summed E-state index contributed by atoms with van der Waals surface area (Å²) in [5, 5.41) is 3.77. The molecular formula is C27H35ClN2O3. The number of carbonyl (C=O) groups excluding carboxylic acids is 2. The fraction of sp³-hybridized carbons (Fsp3) is 0.481. The molecule has 0 aromatic heterocycles. The van der Waals surface area contributed by atoms with E-state index in [-0.39, 0.29) is 31.0 Å². The number of nitrogens with zero attached hydrogens (tertiary/aromatic N) is 1. The van der Waals surface area contributed by atoms with Crippen molar-refractivity contribution in [2.45, 2.75) is 77.9 Å². The van der Waals surface area contributed by atoms with Crippen molar-refractivity contribution in [3.63, 3.8) is 0 Å². The second-order valence-corrected chi connectivity index (χ2v) is 9.35. The highest BCUT2D eigenvalue weighted by Crippen LogP contribution is 2.23. The van der Waals surface area contributed by atoms with Gasteiger partial charge in [-0.3, -0.25) is 9.59 Å². The number of carbonyl (C=O) groups is 2. The number of ether oxygens (including phenoxy) is 1. The van der Waals surface area contributed by atoms with E-state index in [1.807, 2.05) is 57.2 Å². The average Bonchev–Trinajstić information content (AvgIpc) is 2.81. The number of halogens is 1. The minimum atomic E-state index is -0.585. The first kappa shape index (κ1) is 25.1. The molecule has 2 aromatic carbocycles. The van der Waals surface area contributed by atoms with Crippen LogP contribution in [0.3, 0.4) is 0 Å². The Morgan fingerprint density at radius 1 is 1.12 bits per heavy atom. The normalized spacial score (nSPS) is 15.0. The molecule has 1 aliphatic carbocycles. The van der Waals surface area contributed by atoms with Crippen LogP contribution < -0.4 is 10.1 Å². The molecule has 1 aliphatic rings. The number of amides is 2. The van der Waals surface area contributed by atoms with E-state index >= 15 is 0 Å². The quantitative estimate of drug-likeness (QED) is 0.519. The van der Waals surface area contributed by atoms with Crippen LogP contribution in [0.4, 0.5) is 0 Å². The van der Waals surface area contributed by atoms with Crippen molar-refractivity contribution >= 4 is 23.4 Å². The largest absolute Gasteiger partial charge is 0.483 e. The van der Waals surface area contributed by atoms with Crippen molar-refractivity contribution < 1.29 is 14.3 Å². The molecule has 2 aromatic rings. The Morgan fingerprint density at radius 2 is 1.85 bits per heavy atom. The molecule has 1 saturated carbocycles. The zero-order chi connectivity index (χ0) is 23.8. The van der Waals surface area contributed by atoms with Gasteiger partial charge in [0, 0.05) is 17.6 Å². The van der Waals surface area contributed by atoms with Crippen LogP contribution in [-0.2, 0) is 16.1 Å². The Morgan fingerprint density at radius 3 is 2.55 bits per heavy atom. The van der Waals surface area contributed by atoms with Gasteiger partial charge in [0.15, 0.2) is 6.61 Å². The Bertz CT molecular complexity index is 956. The summed E-state index contributed by atoms with van der Waals surface area (Å²) in [4.78, 5) is 28.3. The summed E-state index contributed by atoms with van der Waals surface area (Å²) in [6, 6.07) is 12.9. The fourth-order valence-corrected chi connectivity index (χ4v) is 4.55. The molecular weight excluding hydrogens is 436 g/mol. The highest BCUT2D eigenvalue weighted by molar-refractivity contribution is 6.31. The molecule has 0 saturated heterocycles. The monoisotopic (exact) mass is 470 g/mol. The van der Waals surface area contributed by atoms with E-state index in [0.29, 0.717) is 17.2 Å². The standard InChI is InChI=1S/C27H35ClN2O3/c1-4-24(27(32)29-22-11-6-5-7-12-22)30(17-21-10-8-9-13-23(21)28)26(31)18-33-25-16-19(2)14-15-20(25)3/h8-10,13-16,22,24H,4-7,11-12,17-18H2,1-3H3,(H,29,32)/t24-/m1/s1. The maximum atomic E-state index is 13.4. The number of hydrogen-bond donors (Lipinski definition) is 1. The molecule has 0 aliphatic heterocycles. The first-order valence-corrected chi connectivity index (χ1v) is 12.3. The summed E-state index contributed by atoms with van der Waals surface area (Å²) in [5.41, 5.74) is 2.84. The van der Waals surface area contributed by atoms with E-state index in [9.17, 15) is 9.59 Å². The van der Waals surface area contributed by atoms with Crippen LogP contribution in [0.1, 0.15) is 62.1 Å². The minimum absolute atomic E-state index is 0.100. The lowest BCUT2D eigenvalue weighted by atomic mass is 9.95. The second kappa shape index (κ2) is 12.1. The highest BCUT2D eigenvalue weighted by Gasteiger charge is 2.31. The average molecular weight is 471 g/mol. The van der Waals surface area contributed by atoms with E-state index in [4.69, 9.17) is 16.3 Å². The predicted octanol–water partition coefficient (Wildman–Crippen LogP) is 5.59. The third-order valence-electron chi connectivity index (χ3n) is 6.33. The summed E-state index contributed by atoms with van der Waals surface area (Å²) < 4.78 is 5.90. The smallest absolute Gasteiger partial charge is 0.261 e. The molecule has 0 unspecified atom stereocenters. The molecule has 5 nitrogen and oxygen atoms in total. The lowest BCUT2D eigenvalue weighted by Gasteiger charge is -2.33. The lowest BCUT2D eigenvalue weighted by Crippen LogP contribution is -2.52. The van der Waals surface area contributed by atoms with Crippen LogP contribution in [0.25, 0.3) is 0 Å². The Labute approximate surface area is 202 Å². The molecule has 1 atom stereocenters. The lowest BCUT2D eigenvalue weighted by molar-refractivity contribution is -0.143. The fourth-order valence-electron chi connectivity index (χ4n) is 4.36. The Balaban J connectivity index is 1.79. The third-order valence-corrected chi connectivity index (χ3v) is 6.70. The molecule has 1 fully saturated rings. The van der Waals surface area contributed by atoms with Gasteiger partial charge in [-0.25, -0.2) is 0 Å². The molecule has 33 heavy (non-hydrogen) atoms. The summed E-state index contributed by atoms with van der Waals surface area (Å²) in [7, 11) is 0. The van der Waals surface area contributed by atoms with E-state index in [1.54, 1.807) is 11.0 Å². The number of rotatable bonds is 9. The van der Waals surface area contributed by atoms with Gasteiger partial charge in [-0.2, -0.15) is 0 Å². The van der Waals surface area contributed by atoms with Gasteiger partial charge in [-0.1, -0.05) is 68.1 Å². The van der Waals surface area contributed by atoms with Gasteiger partial charge in [0.2, 0.25) is 5.91 Å². The molecule has 0 spiro atoms. The van der Waals surface area contributed by atoms with Crippen LogP contribution >= 0.6 is 11.6 Å². The molecule has 0 heterocycles. The molecule has 0 bridgehead atoms. The van der Waals surface area contributed by atoms with Gasteiger partial charge in [-0.05, 0) is 61.9 Å². The van der Waals surface area contributed by atoms with Gasteiger partial charge in [0.25, 0.3) is 5.91 Å². The topological polar surface area (TPSA) is 58.6 Å². The summed E-state index contributed by atoms with van der Waals surface area (Å²) in [5.74, 6) is 0.346. The van der Waals surface area contributed by atoms with Crippen molar-refractivity contribution in [2.75, 3.05) is 6.61 Å². The van der Waals surface area contributed by atoms with Crippen molar-refractivity contribution in [1.29, 1.82) is 0 Å². The van der Waals surface area contributed by atoms with E-state index < -0.39 is 6.04 Å². The van der Waals surface area contributed by atoms with Crippen LogP contribution in [-0.4, -0.2) is 35.4 Å². The maximum absolute atomic E-state index is 13.4. The van der Waals surface area contributed by atoms with E-state index in [0.717, 1.165) is 42.4 Å². The van der Waals surface area contributed by atoms with Crippen molar-refractivity contribution in [1.82, 2.24) is 10.2 Å². The van der Waals surface area contributed by atoms with E-state index in [1.165, 1.54) is 6.42 Å². The first-order chi connectivity index (χ1) is 15.9. The van der Waals surface area contributed by atoms with Crippen LogP contribution in [0.2, 0.25) is 5.02 Å². The van der Waals surface area contributed by atoms with Gasteiger partial charge in [-0.15, -0.1) is 0 Å². The number of benzene rings is 2. The van der Waals surface area contributed by atoms with Crippen molar-refractivity contribution in [3.05, 3.63) is 64.2 Å². The minimum Gasteiger partial charge on any atom is -0.483 e. The first-order valence-electron chi connectivity index (χ1n) is 11.9. The van der Waals surface area contributed by atoms with Crippen LogP contribution in [0.5, 0.6) is 5.75 Å². The van der Waals surface area contributed by atoms with Crippen LogP contribution in [0.15, 0.2) is 42.5 Å². The molecule has 3 rings (SSSR count). The molecule has 2 amide bonds. The van der Waals surface area contributed by atoms with Crippen molar-refractivity contribution in [3.8, 4) is 5.75 Å². The Kier molecular flexibility index (Phi) is 9.19. The summed E-state index contributed by atoms with van der Waals surface area (Å²) in [6.07, 6.45) is 5.99. The van der Waals surface area contributed by atoms with Gasteiger partial charge in [0.05, 0.1) is 0 Å². The maximum Gasteiger partial charge on any atom is 0.261 e. The molecule has 0 radical (unpaired) electrons. The van der Waals surface area contributed by atoms with Crippen molar-refractivity contribution in [2.24, 2.45) is 0 Å².